The number of nitrogens with one attached hydrogen (secondary N) is 1. The van der Waals surface area contributed by atoms with E-state index < -0.39 is 0 Å². The first kappa shape index (κ1) is 19.6. The third-order valence-corrected chi connectivity index (χ3v) is 9.35. The fourth-order valence-electron chi connectivity index (χ4n) is 8.19. The van der Waals surface area contributed by atoms with Gasteiger partial charge in [-0.2, -0.15) is 0 Å². The lowest BCUT2D eigenvalue weighted by atomic mass is 9.39. The normalized spacial score (nSPS) is 43.3. The summed E-state index contributed by atoms with van der Waals surface area (Å²) in [6, 6.07) is 11.5. The molecule has 3 nitrogen and oxygen atoms in total. The van der Waals surface area contributed by atoms with Crippen LogP contribution in [0.25, 0.3) is 0 Å². The Kier molecular flexibility index (Phi) is 5.01. The smallest absolute Gasteiger partial charge is 0.226 e. The van der Waals surface area contributed by atoms with Crippen molar-refractivity contribution in [2.75, 3.05) is 6.54 Å². The molecule has 5 fully saturated rings. The van der Waals surface area contributed by atoms with Gasteiger partial charge >= 0.3 is 0 Å². The van der Waals surface area contributed by atoms with E-state index in [0.717, 1.165) is 56.4 Å². The van der Waals surface area contributed by atoms with Crippen LogP contribution in [0.3, 0.4) is 0 Å². The molecule has 1 aromatic carbocycles. The van der Waals surface area contributed by atoms with E-state index in [1.165, 1.54) is 37.7 Å². The Morgan fingerprint density at radius 2 is 1.69 bits per heavy atom. The van der Waals surface area contributed by atoms with E-state index in [0.29, 0.717) is 17.9 Å². The van der Waals surface area contributed by atoms with E-state index in [1.807, 2.05) is 0 Å². The van der Waals surface area contributed by atoms with Crippen molar-refractivity contribution in [3.8, 4) is 0 Å². The van der Waals surface area contributed by atoms with Crippen LogP contribution in [0.15, 0.2) is 30.3 Å². The van der Waals surface area contributed by atoms with Crippen molar-refractivity contribution in [3.05, 3.63) is 35.9 Å². The van der Waals surface area contributed by atoms with E-state index in [1.54, 1.807) is 0 Å². The zero-order valence-electron chi connectivity index (χ0n) is 18.0. The van der Waals surface area contributed by atoms with Crippen molar-refractivity contribution in [1.82, 2.24) is 5.32 Å². The topological polar surface area (TPSA) is 55.1 Å². The first-order valence-electron chi connectivity index (χ1n) is 12.1. The average molecular weight is 395 g/mol. The lowest BCUT2D eigenvalue weighted by Gasteiger charge is -2.64. The highest BCUT2D eigenvalue weighted by molar-refractivity contribution is 5.84. The Balaban J connectivity index is 1.39. The minimum Gasteiger partial charge on any atom is -0.353 e. The predicted molar refractivity (Wildman–Crippen MR) is 117 cm³/mol. The molecule has 0 spiro atoms. The Morgan fingerprint density at radius 1 is 1.03 bits per heavy atom. The molecule has 5 aliphatic carbocycles. The van der Waals surface area contributed by atoms with Crippen molar-refractivity contribution >= 4 is 5.91 Å². The number of hydrogen-bond donors (Lipinski definition) is 2. The Morgan fingerprint density at radius 3 is 2.28 bits per heavy atom. The van der Waals surface area contributed by atoms with Gasteiger partial charge in [0.2, 0.25) is 5.91 Å². The van der Waals surface area contributed by atoms with E-state index in [2.05, 4.69) is 42.6 Å². The summed E-state index contributed by atoms with van der Waals surface area (Å²) in [5.74, 6) is 3.32. The first-order valence-corrected chi connectivity index (χ1v) is 12.1. The minimum atomic E-state index is -0.127. The molecule has 158 valence electrons. The summed E-state index contributed by atoms with van der Waals surface area (Å²) in [6.07, 6.45) is 11.7. The second kappa shape index (κ2) is 7.41. The Hall–Kier alpha value is -1.35. The van der Waals surface area contributed by atoms with Crippen molar-refractivity contribution in [2.45, 2.75) is 82.6 Å². The van der Waals surface area contributed by atoms with E-state index >= 15 is 0 Å². The summed E-state index contributed by atoms with van der Waals surface area (Å²) in [5.41, 5.74) is 7.45. The van der Waals surface area contributed by atoms with Gasteiger partial charge in [0.25, 0.3) is 0 Å². The number of nitrogens with two attached hydrogens (primary N) is 1. The third kappa shape index (κ3) is 3.24. The quantitative estimate of drug-likeness (QED) is 0.754. The lowest BCUT2D eigenvalue weighted by molar-refractivity contribution is -0.158. The van der Waals surface area contributed by atoms with E-state index in [4.69, 9.17) is 5.73 Å². The molecule has 3 N–H and O–H groups in total. The van der Waals surface area contributed by atoms with Gasteiger partial charge < -0.3 is 11.1 Å². The van der Waals surface area contributed by atoms with Crippen LogP contribution < -0.4 is 11.1 Å². The SMILES string of the molecule is CCC1C2CC3(C(=O)N[C@H]4CC[C@H](CN)CC4)CC1CC(c1ccccc1)(C2)C3. The Labute approximate surface area is 176 Å². The van der Waals surface area contributed by atoms with Crippen LogP contribution in [0.4, 0.5) is 0 Å². The molecule has 1 aromatic rings. The molecule has 0 aliphatic heterocycles. The van der Waals surface area contributed by atoms with Gasteiger partial charge in [-0.15, -0.1) is 0 Å². The van der Waals surface area contributed by atoms with Crippen molar-refractivity contribution in [2.24, 2.45) is 34.8 Å². The van der Waals surface area contributed by atoms with Gasteiger partial charge in [0.05, 0.1) is 5.41 Å². The number of hydrogen-bond acceptors (Lipinski definition) is 2. The van der Waals surface area contributed by atoms with Crippen molar-refractivity contribution in [1.29, 1.82) is 0 Å². The van der Waals surface area contributed by atoms with Gasteiger partial charge in [-0.05, 0) is 99.0 Å². The molecular weight excluding hydrogens is 356 g/mol. The van der Waals surface area contributed by atoms with Crippen LogP contribution in [-0.4, -0.2) is 18.5 Å². The molecule has 0 aromatic heterocycles. The highest BCUT2D eigenvalue weighted by Gasteiger charge is 2.63. The standard InChI is InChI=1S/C26H38N2O/c1-2-23-19-12-25(21-6-4-3-5-7-21)13-20(23)15-26(14-19,17-25)24(29)28-22-10-8-18(16-27)9-11-22/h3-7,18-20,22-23H,2,8-17,27H2,1H3,(H,28,29)/t18-,19?,20?,22-,23?,25?,26?. The molecule has 2 unspecified atom stereocenters. The fraction of sp³-hybridized carbons (Fsp3) is 0.731. The maximum atomic E-state index is 13.7. The number of carbonyl (C=O) groups is 1. The summed E-state index contributed by atoms with van der Waals surface area (Å²) in [7, 11) is 0. The van der Waals surface area contributed by atoms with Crippen molar-refractivity contribution in [3.63, 3.8) is 0 Å². The molecule has 0 radical (unpaired) electrons. The number of benzene rings is 1. The van der Waals surface area contributed by atoms with Crippen LogP contribution >= 0.6 is 0 Å². The number of amides is 1. The predicted octanol–water partition coefficient (Wildman–Crippen LogP) is 4.79. The molecule has 6 rings (SSSR count). The fourth-order valence-corrected chi connectivity index (χ4v) is 8.19. The zero-order valence-corrected chi connectivity index (χ0v) is 18.0. The lowest BCUT2D eigenvalue weighted by Crippen LogP contribution is -2.62. The maximum Gasteiger partial charge on any atom is 0.226 e. The average Bonchev–Trinajstić information content (AvgIpc) is 2.74. The van der Waals surface area contributed by atoms with Gasteiger partial charge in [0.1, 0.15) is 0 Å². The molecule has 5 saturated carbocycles. The molecule has 3 heteroatoms. The second-order valence-electron chi connectivity index (χ2n) is 10.9. The Bertz CT molecular complexity index is 720. The molecule has 2 atom stereocenters. The van der Waals surface area contributed by atoms with Crippen LogP contribution in [0.5, 0.6) is 0 Å². The molecule has 29 heavy (non-hydrogen) atoms. The third-order valence-electron chi connectivity index (χ3n) is 9.35. The summed E-state index contributed by atoms with van der Waals surface area (Å²) < 4.78 is 0. The summed E-state index contributed by atoms with van der Waals surface area (Å²) >= 11 is 0. The molecule has 4 bridgehead atoms. The highest BCUT2D eigenvalue weighted by Crippen LogP contribution is 2.68. The van der Waals surface area contributed by atoms with Gasteiger partial charge in [0, 0.05) is 6.04 Å². The number of rotatable bonds is 5. The molecule has 0 heterocycles. The van der Waals surface area contributed by atoms with Gasteiger partial charge in [-0.25, -0.2) is 0 Å². The van der Waals surface area contributed by atoms with Crippen LogP contribution in [0.1, 0.15) is 76.7 Å². The molecule has 5 aliphatic rings. The van der Waals surface area contributed by atoms with Gasteiger partial charge in [-0.3, -0.25) is 4.79 Å². The summed E-state index contributed by atoms with van der Waals surface area (Å²) in [5, 5.41) is 3.54. The molecular formula is C26H38N2O. The summed E-state index contributed by atoms with van der Waals surface area (Å²) in [6.45, 7) is 3.16. The first-order chi connectivity index (χ1) is 14.1. The van der Waals surface area contributed by atoms with Gasteiger partial charge in [0.15, 0.2) is 0 Å². The monoisotopic (exact) mass is 394 g/mol. The maximum absolute atomic E-state index is 13.7. The highest BCUT2D eigenvalue weighted by atomic mass is 16.2. The molecule has 1 amide bonds. The van der Waals surface area contributed by atoms with Crippen LogP contribution in [0.2, 0.25) is 0 Å². The number of carbonyl (C=O) groups excluding carboxylic acids is 1. The summed E-state index contributed by atoms with van der Waals surface area (Å²) in [4.78, 5) is 13.7. The zero-order chi connectivity index (χ0) is 20.1. The van der Waals surface area contributed by atoms with Crippen LogP contribution in [0, 0.1) is 29.1 Å². The van der Waals surface area contributed by atoms with Gasteiger partial charge in [-0.1, -0.05) is 43.7 Å². The molecule has 0 saturated heterocycles. The second-order valence-corrected chi connectivity index (χ2v) is 10.9. The van der Waals surface area contributed by atoms with Crippen LogP contribution in [-0.2, 0) is 10.2 Å². The van der Waals surface area contributed by atoms with E-state index in [-0.39, 0.29) is 10.8 Å². The van der Waals surface area contributed by atoms with Crippen molar-refractivity contribution < 1.29 is 4.79 Å². The van der Waals surface area contributed by atoms with E-state index in [9.17, 15) is 4.79 Å². The minimum absolute atomic E-state index is 0.127. The largest absolute Gasteiger partial charge is 0.353 e.